The quantitative estimate of drug-likeness (QED) is 0.804. The van der Waals surface area contributed by atoms with Crippen molar-refractivity contribution < 1.29 is 4.79 Å². The summed E-state index contributed by atoms with van der Waals surface area (Å²) in [5.41, 5.74) is 4.51. The predicted molar refractivity (Wildman–Crippen MR) is 99.6 cm³/mol. The Morgan fingerprint density at radius 2 is 1.83 bits per heavy atom. The molecule has 124 valence electrons. The molecule has 0 aliphatic heterocycles. The van der Waals surface area contributed by atoms with E-state index in [1.165, 1.54) is 53.7 Å². The maximum absolute atomic E-state index is 12.2. The van der Waals surface area contributed by atoms with Crippen molar-refractivity contribution in [3.05, 3.63) is 65.2 Å². The zero-order chi connectivity index (χ0) is 16.4. The first-order valence-electron chi connectivity index (χ1n) is 8.82. The van der Waals surface area contributed by atoms with Crippen LogP contribution >= 0.6 is 11.8 Å². The second-order valence-electron chi connectivity index (χ2n) is 7.00. The topological polar surface area (TPSA) is 29.1 Å². The van der Waals surface area contributed by atoms with E-state index < -0.39 is 0 Å². The van der Waals surface area contributed by atoms with E-state index in [0.29, 0.717) is 5.75 Å². The fraction of sp³-hybridized carbons (Fsp3) is 0.381. The number of nitrogens with one attached hydrogen (secondary N) is 1. The fourth-order valence-corrected chi connectivity index (χ4v) is 4.41. The van der Waals surface area contributed by atoms with Crippen LogP contribution in [0.15, 0.2) is 53.4 Å². The SMILES string of the molecule is O=C(CSc1ccc2c(c1)CCC2)NCC1(c2ccccc2)CC1. The van der Waals surface area contributed by atoms with Crippen LogP contribution in [-0.4, -0.2) is 18.2 Å². The third kappa shape index (κ3) is 3.36. The van der Waals surface area contributed by atoms with Crippen molar-refractivity contribution in [1.29, 1.82) is 0 Å². The van der Waals surface area contributed by atoms with Gasteiger partial charge in [-0.3, -0.25) is 4.79 Å². The third-order valence-corrected chi connectivity index (χ3v) is 6.30. The summed E-state index contributed by atoms with van der Waals surface area (Å²) in [5.74, 6) is 0.645. The molecule has 1 saturated carbocycles. The molecule has 3 heteroatoms. The molecule has 0 aromatic heterocycles. The van der Waals surface area contributed by atoms with E-state index in [1.54, 1.807) is 11.8 Å². The number of fused-ring (bicyclic) bond motifs is 1. The molecule has 0 spiro atoms. The number of thioether (sulfide) groups is 1. The molecule has 24 heavy (non-hydrogen) atoms. The highest BCUT2D eigenvalue weighted by molar-refractivity contribution is 8.00. The maximum atomic E-state index is 12.2. The minimum atomic E-state index is 0.141. The Morgan fingerprint density at radius 3 is 2.62 bits per heavy atom. The lowest BCUT2D eigenvalue weighted by Gasteiger charge is -2.16. The van der Waals surface area contributed by atoms with Crippen molar-refractivity contribution >= 4 is 17.7 Å². The lowest BCUT2D eigenvalue weighted by Crippen LogP contribution is -2.33. The number of rotatable bonds is 6. The van der Waals surface area contributed by atoms with Crippen molar-refractivity contribution in [1.82, 2.24) is 5.32 Å². The van der Waals surface area contributed by atoms with Gasteiger partial charge < -0.3 is 5.32 Å². The van der Waals surface area contributed by atoms with Crippen LogP contribution in [-0.2, 0) is 23.1 Å². The number of carbonyl (C=O) groups is 1. The molecule has 2 nitrogen and oxygen atoms in total. The fourth-order valence-electron chi connectivity index (χ4n) is 3.62. The highest BCUT2D eigenvalue weighted by atomic mass is 32.2. The molecule has 0 unspecified atom stereocenters. The van der Waals surface area contributed by atoms with E-state index >= 15 is 0 Å². The van der Waals surface area contributed by atoms with Crippen LogP contribution in [0.5, 0.6) is 0 Å². The second kappa shape index (κ2) is 6.64. The molecule has 2 aliphatic carbocycles. The number of amides is 1. The van der Waals surface area contributed by atoms with Gasteiger partial charge in [0.25, 0.3) is 0 Å². The van der Waals surface area contributed by atoms with Crippen LogP contribution in [0.4, 0.5) is 0 Å². The van der Waals surface area contributed by atoms with Crippen molar-refractivity contribution in [2.75, 3.05) is 12.3 Å². The zero-order valence-electron chi connectivity index (χ0n) is 13.9. The minimum absolute atomic E-state index is 0.141. The number of hydrogen-bond donors (Lipinski definition) is 1. The van der Waals surface area contributed by atoms with Gasteiger partial charge in [0.2, 0.25) is 5.91 Å². The predicted octanol–water partition coefficient (Wildman–Crippen LogP) is 4.12. The van der Waals surface area contributed by atoms with Gasteiger partial charge in [-0.25, -0.2) is 0 Å². The van der Waals surface area contributed by atoms with Crippen LogP contribution in [0.1, 0.15) is 36.0 Å². The van der Waals surface area contributed by atoms with Crippen LogP contribution in [0.3, 0.4) is 0 Å². The summed E-state index contributed by atoms with van der Waals surface area (Å²) in [6.45, 7) is 0.764. The smallest absolute Gasteiger partial charge is 0.230 e. The molecule has 1 amide bonds. The van der Waals surface area contributed by atoms with Gasteiger partial charge in [0.15, 0.2) is 0 Å². The summed E-state index contributed by atoms with van der Waals surface area (Å²) in [6.07, 6.45) is 6.02. The minimum Gasteiger partial charge on any atom is -0.354 e. The van der Waals surface area contributed by atoms with E-state index in [-0.39, 0.29) is 11.3 Å². The van der Waals surface area contributed by atoms with Gasteiger partial charge in [-0.1, -0.05) is 36.4 Å². The van der Waals surface area contributed by atoms with Crippen LogP contribution in [0.2, 0.25) is 0 Å². The van der Waals surface area contributed by atoms with E-state index in [9.17, 15) is 4.79 Å². The molecule has 0 bridgehead atoms. The van der Waals surface area contributed by atoms with Gasteiger partial charge in [0.1, 0.15) is 0 Å². The summed E-state index contributed by atoms with van der Waals surface area (Å²) >= 11 is 1.65. The standard InChI is InChI=1S/C21H23NOS/c23-20(14-24-19-10-9-16-5-4-6-17(16)13-19)22-15-21(11-12-21)18-7-2-1-3-8-18/h1-3,7-10,13H,4-6,11-12,14-15H2,(H,22,23). The Morgan fingerprint density at radius 1 is 1.04 bits per heavy atom. The normalized spacial score (nSPS) is 17.3. The highest BCUT2D eigenvalue weighted by Gasteiger charge is 2.44. The monoisotopic (exact) mass is 337 g/mol. The number of carbonyl (C=O) groups excluding carboxylic acids is 1. The van der Waals surface area contributed by atoms with Crippen molar-refractivity contribution in [3.63, 3.8) is 0 Å². The van der Waals surface area contributed by atoms with Gasteiger partial charge in [-0.2, -0.15) is 0 Å². The Labute approximate surface area is 148 Å². The summed E-state index contributed by atoms with van der Waals surface area (Å²) in [6, 6.07) is 17.2. The Hall–Kier alpha value is -1.74. The van der Waals surface area contributed by atoms with E-state index in [0.717, 1.165) is 6.54 Å². The summed E-state index contributed by atoms with van der Waals surface area (Å²) < 4.78 is 0. The van der Waals surface area contributed by atoms with Crippen molar-refractivity contribution in [3.8, 4) is 0 Å². The molecule has 1 N–H and O–H groups in total. The maximum Gasteiger partial charge on any atom is 0.230 e. The number of hydrogen-bond acceptors (Lipinski definition) is 2. The second-order valence-corrected chi connectivity index (χ2v) is 8.04. The first kappa shape index (κ1) is 15.8. The molecule has 2 aliphatic rings. The van der Waals surface area contributed by atoms with Gasteiger partial charge in [-0.15, -0.1) is 11.8 Å². The average Bonchev–Trinajstić information content (AvgIpc) is 3.28. The molecule has 0 atom stereocenters. The van der Waals surface area contributed by atoms with E-state index in [1.807, 2.05) is 6.07 Å². The largest absolute Gasteiger partial charge is 0.354 e. The van der Waals surface area contributed by atoms with Crippen molar-refractivity contribution in [2.45, 2.75) is 42.4 Å². The summed E-state index contributed by atoms with van der Waals surface area (Å²) in [5, 5.41) is 3.15. The third-order valence-electron chi connectivity index (χ3n) is 5.30. The first-order valence-corrected chi connectivity index (χ1v) is 9.81. The lowest BCUT2D eigenvalue weighted by atomic mass is 9.96. The van der Waals surface area contributed by atoms with E-state index in [2.05, 4.69) is 47.8 Å². The molecule has 0 radical (unpaired) electrons. The number of benzene rings is 2. The highest BCUT2D eigenvalue weighted by Crippen LogP contribution is 2.47. The van der Waals surface area contributed by atoms with Gasteiger partial charge in [0, 0.05) is 16.9 Å². The van der Waals surface area contributed by atoms with Crippen LogP contribution in [0, 0.1) is 0 Å². The van der Waals surface area contributed by atoms with Crippen LogP contribution < -0.4 is 5.32 Å². The molecule has 0 saturated heterocycles. The molecule has 2 aromatic rings. The Balaban J connectivity index is 1.28. The molecular formula is C21H23NOS. The van der Waals surface area contributed by atoms with Gasteiger partial charge >= 0.3 is 0 Å². The molecule has 0 heterocycles. The molecule has 1 fully saturated rings. The Kier molecular flexibility index (Phi) is 4.36. The van der Waals surface area contributed by atoms with Crippen molar-refractivity contribution in [2.24, 2.45) is 0 Å². The van der Waals surface area contributed by atoms with Crippen LogP contribution in [0.25, 0.3) is 0 Å². The molecule has 4 rings (SSSR count). The zero-order valence-corrected chi connectivity index (χ0v) is 14.7. The first-order chi connectivity index (χ1) is 11.8. The molecular weight excluding hydrogens is 314 g/mol. The molecule has 2 aromatic carbocycles. The number of aryl methyl sites for hydroxylation is 2. The Bertz CT molecular complexity index is 737. The summed E-state index contributed by atoms with van der Waals surface area (Å²) in [4.78, 5) is 13.4. The van der Waals surface area contributed by atoms with Gasteiger partial charge in [-0.05, 0) is 60.9 Å². The van der Waals surface area contributed by atoms with Gasteiger partial charge in [0.05, 0.1) is 5.75 Å². The average molecular weight is 337 g/mol. The summed E-state index contributed by atoms with van der Waals surface area (Å²) in [7, 11) is 0. The lowest BCUT2D eigenvalue weighted by molar-refractivity contribution is -0.118. The van der Waals surface area contributed by atoms with E-state index in [4.69, 9.17) is 0 Å².